The largest absolute Gasteiger partial charge is 0.480 e. The van der Waals surface area contributed by atoms with Gasteiger partial charge in [0.15, 0.2) is 0 Å². The molecule has 3 rings (SSSR count). The van der Waals surface area contributed by atoms with Gasteiger partial charge in [-0.05, 0) is 6.07 Å². The first-order valence-corrected chi connectivity index (χ1v) is 6.33. The first-order chi connectivity index (χ1) is 10.2. The Morgan fingerprint density at radius 2 is 2.00 bits per heavy atom. The van der Waals surface area contributed by atoms with Crippen LogP contribution in [0.25, 0.3) is 11.0 Å². The molecule has 1 N–H and O–H groups in total. The molecule has 0 saturated heterocycles. The van der Waals surface area contributed by atoms with Crippen molar-refractivity contribution in [3.63, 3.8) is 0 Å². The smallest absolute Gasteiger partial charge is 0.241 e. The minimum atomic E-state index is -0.998. The monoisotopic (exact) mass is 286 g/mol. The molecular formula is C15H14N2O4. The van der Waals surface area contributed by atoms with E-state index in [1.165, 1.54) is 26.7 Å². The first-order valence-electron chi connectivity index (χ1n) is 6.33. The zero-order valence-corrected chi connectivity index (χ0v) is 11.6. The Bertz CT molecular complexity index is 769. The van der Waals surface area contributed by atoms with Gasteiger partial charge in [0.25, 0.3) is 0 Å². The molecule has 0 radical (unpaired) electrons. The molecule has 108 valence electrons. The summed E-state index contributed by atoms with van der Waals surface area (Å²) in [7, 11) is 2.95. The van der Waals surface area contributed by atoms with Crippen LogP contribution in [0.4, 0.5) is 0 Å². The number of aromatic nitrogens is 2. The molecular weight excluding hydrogens is 272 g/mol. The van der Waals surface area contributed by atoms with Crippen LogP contribution < -0.4 is 9.47 Å². The summed E-state index contributed by atoms with van der Waals surface area (Å²) in [5, 5.41) is 11.4. The maximum atomic E-state index is 10.6. The van der Waals surface area contributed by atoms with Gasteiger partial charge in [-0.25, -0.2) is 4.98 Å². The molecule has 3 aromatic rings. The van der Waals surface area contributed by atoms with Crippen LogP contribution >= 0.6 is 0 Å². The summed E-state index contributed by atoms with van der Waals surface area (Å²) in [4.78, 5) is 8.30. The number of aliphatic hydroxyl groups excluding tert-OH is 1. The predicted molar refractivity (Wildman–Crippen MR) is 75.4 cm³/mol. The lowest BCUT2D eigenvalue weighted by Crippen LogP contribution is -2.07. The second-order valence-electron chi connectivity index (χ2n) is 4.40. The van der Waals surface area contributed by atoms with E-state index < -0.39 is 6.10 Å². The standard InChI is InChI=1S/C15H14N2O4/c1-19-12-7-16-13(15(17-12)20-2)14(18)10-8-21-11-6-4-3-5-9(10)11/h3-8,14,18H,1-2H3. The Kier molecular flexibility index (Phi) is 3.45. The van der Waals surface area contributed by atoms with Gasteiger partial charge in [-0.3, -0.25) is 0 Å². The molecule has 0 saturated carbocycles. The molecule has 21 heavy (non-hydrogen) atoms. The maximum absolute atomic E-state index is 10.6. The number of aliphatic hydroxyl groups is 1. The summed E-state index contributed by atoms with van der Waals surface area (Å²) < 4.78 is 15.6. The van der Waals surface area contributed by atoms with Gasteiger partial charge < -0.3 is 19.0 Å². The van der Waals surface area contributed by atoms with E-state index in [0.717, 1.165) is 5.39 Å². The van der Waals surface area contributed by atoms with Crippen molar-refractivity contribution < 1.29 is 19.0 Å². The van der Waals surface area contributed by atoms with Gasteiger partial charge in [0.2, 0.25) is 11.8 Å². The third-order valence-electron chi connectivity index (χ3n) is 3.21. The number of para-hydroxylation sites is 1. The fourth-order valence-electron chi connectivity index (χ4n) is 2.16. The van der Waals surface area contributed by atoms with Crippen LogP contribution in [0, 0.1) is 0 Å². The Morgan fingerprint density at radius 1 is 1.19 bits per heavy atom. The number of rotatable bonds is 4. The van der Waals surface area contributed by atoms with Crippen molar-refractivity contribution in [2.45, 2.75) is 6.10 Å². The van der Waals surface area contributed by atoms with E-state index in [1.807, 2.05) is 24.3 Å². The Labute approximate surface area is 121 Å². The average Bonchev–Trinajstić information content (AvgIpc) is 2.97. The lowest BCUT2D eigenvalue weighted by molar-refractivity contribution is 0.207. The van der Waals surface area contributed by atoms with E-state index in [9.17, 15) is 5.11 Å². The minimum Gasteiger partial charge on any atom is -0.480 e. The van der Waals surface area contributed by atoms with Crippen LogP contribution in [0.15, 0.2) is 41.1 Å². The van der Waals surface area contributed by atoms with Crippen LogP contribution in [0.2, 0.25) is 0 Å². The second kappa shape index (κ2) is 5.41. The fourth-order valence-corrected chi connectivity index (χ4v) is 2.16. The first kappa shape index (κ1) is 13.4. The van der Waals surface area contributed by atoms with Gasteiger partial charge in [-0.15, -0.1) is 0 Å². The quantitative estimate of drug-likeness (QED) is 0.793. The van der Waals surface area contributed by atoms with Crippen molar-refractivity contribution in [2.24, 2.45) is 0 Å². The molecule has 6 heteroatoms. The summed E-state index contributed by atoms with van der Waals surface area (Å²) >= 11 is 0. The Morgan fingerprint density at radius 3 is 2.76 bits per heavy atom. The molecule has 1 atom stereocenters. The van der Waals surface area contributed by atoms with Crippen molar-refractivity contribution in [1.29, 1.82) is 0 Å². The molecule has 6 nitrogen and oxygen atoms in total. The average molecular weight is 286 g/mol. The molecule has 2 aromatic heterocycles. The van der Waals surface area contributed by atoms with Crippen LogP contribution in [0.3, 0.4) is 0 Å². The minimum absolute atomic E-state index is 0.215. The van der Waals surface area contributed by atoms with E-state index in [4.69, 9.17) is 13.9 Å². The van der Waals surface area contributed by atoms with Crippen molar-refractivity contribution in [3.05, 3.63) is 48.0 Å². The van der Waals surface area contributed by atoms with Crippen LogP contribution in [0.1, 0.15) is 17.4 Å². The number of fused-ring (bicyclic) bond motifs is 1. The third-order valence-corrected chi connectivity index (χ3v) is 3.21. The summed E-state index contributed by atoms with van der Waals surface area (Å²) in [6.45, 7) is 0. The van der Waals surface area contributed by atoms with Gasteiger partial charge in [-0.2, -0.15) is 4.98 Å². The SMILES string of the molecule is COc1cnc(C(O)c2coc3ccccc23)c(OC)n1. The van der Waals surface area contributed by atoms with Crippen LogP contribution in [-0.2, 0) is 0 Å². The molecule has 0 spiro atoms. The number of furan rings is 1. The Hall–Kier alpha value is -2.60. The molecule has 0 fully saturated rings. The third kappa shape index (κ3) is 2.30. The number of hydrogen-bond acceptors (Lipinski definition) is 6. The highest BCUT2D eigenvalue weighted by Gasteiger charge is 2.22. The van der Waals surface area contributed by atoms with Crippen molar-refractivity contribution >= 4 is 11.0 Å². The molecule has 0 aliphatic rings. The maximum Gasteiger partial charge on any atom is 0.241 e. The molecule has 1 aromatic carbocycles. The lowest BCUT2D eigenvalue weighted by Gasteiger charge is -2.12. The fraction of sp³-hybridized carbons (Fsp3) is 0.200. The van der Waals surface area contributed by atoms with Gasteiger partial charge in [0.05, 0.1) is 26.7 Å². The van der Waals surface area contributed by atoms with Gasteiger partial charge in [-0.1, -0.05) is 18.2 Å². The highest BCUT2D eigenvalue weighted by molar-refractivity contribution is 5.81. The summed E-state index contributed by atoms with van der Waals surface area (Å²) in [5.74, 6) is 0.534. The van der Waals surface area contributed by atoms with Gasteiger partial charge >= 0.3 is 0 Å². The molecule has 0 aliphatic carbocycles. The van der Waals surface area contributed by atoms with Crippen molar-refractivity contribution in [3.8, 4) is 11.8 Å². The van der Waals surface area contributed by atoms with Gasteiger partial charge in [0.1, 0.15) is 17.4 Å². The predicted octanol–water partition coefficient (Wildman–Crippen LogP) is 2.32. The van der Waals surface area contributed by atoms with E-state index in [-0.39, 0.29) is 5.88 Å². The summed E-state index contributed by atoms with van der Waals surface area (Å²) in [6.07, 6.45) is 1.95. The molecule has 0 aliphatic heterocycles. The highest BCUT2D eigenvalue weighted by atomic mass is 16.5. The second-order valence-corrected chi connectivity index (χ2v) is 4.40. The number of nitrogens with zero attached hydrogens (tertiary/aromatic N) is 2. The van der Waals surface area contributed by atoms with Crippen LogP contribution in [0.5, 0.6) is 11.8 Å². The van der Waals surface area contributed by atoms with E-state index in [2.05, 4.69) is 9.97 Å². The zero-order valence-electron chi connectivity index (χ0n) is 11.6. The molecule has 0 bridgehead atoms. The lowest BCUT2D eigenvalue weighted by atomic mass is 10.1. The summed E-state index contributed by atoms with van der Waals surface area (Å²) in [6, 6.07) is 7.46. The number of hydrogen-bond donors (Lipinski definition) is 1. The normalized spacial score (nSPS) is 12.3. The number of methoxy groups -OCH3 is 2. The van der Waals surface area contributed by atoms with E-state index >= 15 is 0 Å². The molecule has 2 heterocycles. The molecule has 0 amide bonds. The van der Waals surface area contributed by atoms with Gasteiger partial charge in [0, 0.05) is 10.9 Å². The zero-order chi connectivity index (χ0) is 14.8. The van der Waals surface area contributed by atoms with Crippen molar-refractivity contribution in [2.75, 3.05) is 14.2 Å². The van der Waals surface area contributed by atoms with E-state index in [1.54, 1.807) is 0 Å². The molecule has 1 unspecified atom stereocenters. The Balaban J connectivity index is 2.07. The van der Waals surface area contributed by atoms with Crippen molar-refractivity contribution in [1.82, 2.24) is 9.97 Å². The highest BCUT2D eigenvalue weighted by Crippen LogP contribution is 2.33. The topological polar surface area (TPSA) is 77.6 Å². The summed E-state index contributed by atoms with van der Waals surface area (Å²) in [5.41, 5.74) is 1.63. The van der Waals surface area contributed by atoms with E-state index in [0.29, 0.717) is 22.7 Å². The number of ether oxygens (including phenoxy) is 2. The van der Waals surface area contributed by atoms with Crippen LogP contribution in [-0.4, -0.2) is 29.3 Å². The number of benzene rings is 1.